The molecule has 4 rings (SSSR count). The van der Waals surface area contributed by atoms with Gasteiger partial charge in [0.1, 0.15) is 17.9 Å². The van der Waals surface area contributed by atoms with E-state index in [1.54, 1.807) is 13.4 Å². The van der Waals surface area contributed by atoms with Crippen LogP contribution in [0, 0.1) is 0 Å². The molecule has 0 saturated carbocycles. The first-order valence-electron chi connectivity index (χ1n) is 11.4. The second-order valence-electron chi connectivity index (χ2n) is 8.47. The van der Waals surface area contributed by atoms with Crippen molar-refractivity contribution in [2.24, 2.45) is 0 Å². The Morgan fingerprint density at radius 3 is 2.82 bits per heavy atom. The maximum Gasteiger partial charge on any atom is 0.310 e. The molecule has 0 amide bonds. The maximum absolute atomic E-state index is 12.3. The zero-order valence-electron chi connectivity index (χ0n) is 19.4. The van der Waals surface area contributed by atoms with Crippen molar-refractivity contribution in [1.29, 1.82) is 0 Å². The number of ether oxygens (including phenoxy) is 3. The van der Waals surface area contributed by atoms with Crippen LogP contribution in [-0.4, -0.2) is 38.9 Å². The van der Waals surface area contributed by atoms with Crippen LogP contribution in [0.4, 0.5) is 0 Å². The molecule has 0 radical (unpaired) electrons. The normalized spacial score (nSPS) is 17.9. The molecule has 1 unspecified atom stereocenters. The van der Waals surface area contributed by atoms with Crippen LogP contribution < -0.4 is 10.1 Å². The number of carbonyl (C=O) groups is 1. The number of hydrogen-bond acceptors (Lipinski definition) is 6. The molecule has 182 valence electrons. The number of halogens is 2. The summed E-state index contributed by atoms with van der Waals surface area (Å²) >= 11 is 7.10. The first-order valence-corrected chi connectivity index (χ1v) is 13.3. The second kappa shape index (κ2) is 11.7. The number of alkyl halides is 1. The van der Waals surface area contributed by atoms with Gasteiger partial charge >= 0.3 is 5.97 Å². The average Bonchev–Trinajstić information content (AvgIpc) is 3.45. The summed E-state index contributed by atoms with van der Waals surface area (Å²) in [6.45, 7) is 4.08. The summed E-state index contributed by atoms with van der Waals surface area (Å²) in [6.07, 6.45) is 2.91. The summed E-state index contributed by atoms with van der Waals surface area (Å²) in [4.78, 5) is 12.3. The van der Waals surface area contributed by atoms with Crippen molar-refractivity contribution in [3.8, 4) is 5.75 Å². The summed E-state index contributed by atoms with van der Waals surface area (Å²) < 4.78 is 23.6. The van der Waals surface area contributed by atoms with Crippen LogP contribution in [0.1, 0.15) is 41.5 Å². The zero-order chi connectivity index (χ0) is 24.1. The molecule has 8 heteroatoms. The highest BCUT2D eigenvalue weighted by atomic mass is 79.9. The molecule has 1 aliphatic heterocycles. The lowest BCUT2D eigenvalue weighted by Crippen LogP contribution is -2.25. The summed E-state index contributed by atoms with van der Waals surface area (Å²) in [5.41, 5.74) is 4.89. The fourth-order valence-electron chi connectivity index (χ4n) is 4.49. The molecule has 34 heavy (non-hydrogen) atoms. The highest BCUT2D eigenvalue weighted by Gasteiger charge is 2.26. The molecule has 1 saturated heterocycles. The Balaban J connectivity index is 1.56. The number of rotatable bonds is 10. The number of fused-ring (bicyclic) bond motifs is 1. The third-order valence-electron chi connectivity index (χ3n) is 6.11. The predicted molar refractivity (Wildman–Crippen MR) is 139 cm³/mol. The predicted octanol–water partition coefficient (Wildman–Crippen LogP) is 5.87. The molecule has 2 aromatic carbocycles. The number of benzene rings is 2. The molecule has 2 heterocycles. The third-order valence-corrected chi connectivity index (χ3v) is 7.17. The molecular weight excluding hydrogens is 566 g/mol. The van der Waals surface area contributed by atoms with Gasteiger partial charge in [0.15, 0.2) is 0 Å². The average molecular weight is 595 g/mol. The summed E-state index contributed by atoms with van der Waals surface area (Å²) in [5, 5.41) is 5.22. The van der Waals surface area contributed by atoms with E-state index in [0.29, 0.717) is 42.9 Å². The van der Waals surface area contributed by atoms with Gasteiger partial charge in [-0.05, 0) is 43.0 Å². The topological polar surface area (TPSA) is 69.9 Å². The van der Waals surface area contributed by atoms with E-state index in [-0.39, 0.29) is 12.4 Å². The van der Waals surface area contributed by atoms with Crippen molar-refractivity contribution in [3.05, 3.63) is 63.3 Å². The Bertz CT molecular complexity index is 1150. The molecule has 0 bridgehead atoms. The van der Waals surface area contributed by atoms with Gasteiger partial charge in [-0.3, -0.25) is 4.79 Å². The van der Waals surface area contributed by atoms with Crippen molar-refractivity contribution in [2.45, 2.75) is 43.7 Å². The number of esters is 1. The van der Waals surface area contributed by atoms with E-state index in [9.17, 15) is 4.79 Å². The molecular formula is C26H29Br2NO5. The van der Waals surface area contributed by atoms with Gasteiger partial charge in [0.05, 0.1) is 25.9 Å². The number of nitrogens with one attached hydrogen (secondary N) is 1. The van der Waals surface area contributed by atoms with Crippen LogP contribution in [0.25, 0.3) is 11.0 Å². The molecule has 0 aliphatic carbocycles. The Labute approximate surface area is 216 Å². The number of methoxy groups -OCH3 is 1. The minimum absolute atomic E-state index is 0.171. The first-order chi connectivity index (χ1) is 16.5. The van der Waals surface area contributed by atoms with E-state index in [2.05, 4.69) is 49.3 Å². The first kappa shape index (κ1) is 25.2. The molecule has 2 atom stereocenters. The van der Waals surface area contributed by atoms with E-state index in [1.807, 2.05) is 25.1 Å². The van der Waals surface area contributed by atoms with Gasteiger partial charge in [0.25, 0.3) is 0 Å². The van der Waals surface area contributed by atoms with Crippen LogP contribution in [0.3, 0.4) is 0 Å². The minimum Gasteiger partial charge on any atom is -0.488 e. The van der Waals surface area contributed by atoms with Crippen LogP contribution in [0.5, 0.6) is 5.75 Å². The Morgan fingerprint density at radius 1 is 1.21 bits per heavy atom. The van der Waals surface area contributed by atoms with Gasteiger partial charge in [-0.25, -0.2) is 0 Å². The van der Waals surface area contributed by atoms with Gasteiger partial charge < -0.3 is 23.9 Å². The molecule has 6 nitrogen and oxygen atoms in total. The van der Waals surface area contributed by atoms with Crippen molar-refractivity contribution < 1.29 is 23.4 Å². The lowest BCUT2D eigenvalue weighted by molar-refractivity contribution is -0.142. The van der Waals surface area contributed by atoms with E-state index >= 15 is 0 Å². The van der Waals surface area contributed by atoms with Crippen LogP contribution in [-0.2, 0) is 32.6 Å². The number of carbonyl (C=O) groups excluding carboxylic acids is 1. The molecule has 1 fully saturated rings. The standard InChI is InChI=1S/C26H29Br2NO5/c1-3-32-25(30)9-17-6-16(19-8-22(15-31-2)29-12-19)4-5-24(17)33-13-20-14-34-26-18(11-27)7-21(28)10-23(20)26/h4-7,10,14,19,22,29H,3,8-9,11-13,15H2,1-2H3/t19?,22-/m1/s1. The fourth-order valence-corrected chi connectivity index (χ4v) is 5.41. The fraction of sp³-hybridized carbons (Fsp3) is 0.423. The maximum atomic E-state index is 12.3. The number of hydrogen-bond donors (Lipinski definition) is 1. The third kappa shape index (κ3) is 5.85. The van der Waals surface area contributed by atoms with Gasteiger partial charge in [0, 0.05) is 51.6 Å². The van der Waals surface area contributed by atoms with Crippen molar-refractivity contribution in [1.82, 2.24) is 5.32 Å². The van der Waals surface area contributed by atoms with Crippen LogP contribution in [0.15, 0.2) is 45.5 Å². The quantitative estimate of drug-likeness (QED) is 0.234. The van der Waals surface area contributed by atoms with Gasteiger partial charge in [-0.1, -0.05) is 44.0 Å². The number of furan rings is 1. The Morgan fingerprint density at radius 2 is 2.06 bits per heavy atom. The van der Waals surface area contributed by atoms with E-state index in [4.69, 9.17) is 18.6 Å². The smallest absolute Gasteiger partial charge is 0.310 e. The molecule has 1 aliphatic rings. The minimum atomic E-state index is -0.258. The van der Waals surface area contributed by atoms with E-state index in [0.717, 1.165) is 45.1 Å². The summed E-state index contributed by atoms with van der Waals surface area (Å²) in [6, 6.07) is 10.6. The lowest BCUT2D eigenvalue weighted by Gasteiger charge is -2.16. The van der Waals surface area contributed by atoms with E-state index < -0.39 is 0 Å². The van der Waals surface area contributed by atoms with Gasteiger partial charge in [0.2, 0.25) is 0 Å². The highest BCUT2D eigenvalue weighted by Crippen LogP contribution is 2.33. The molecule has 1 N–H and O–H groups in total. The second-order valence-corrected chi connectivity index (χ2v) is 9.94. The molecule has 0 spiro atoms. The molecule has 1 aromatic heterocycles. The van der Waals surface area contributed by atoms with Crippen molar-refractivity contribution in [3.63, 3.8) is 0 Å². The Kier molecular flexibility index (Phi) is 8.69. The van der Waals surface area contributed by atoms with Crippen LogP contribution >= 0.6 is 31.9 Å². The molecule has 3 aromatic rings. The zero-order valence-corrected chi connectivity index (χ0v) is 22.5. The summed E-state index contributed by atoms with van der Waals surface area (Å²) in [5.74, 6) is 0.792. The SMILES string of the molecule is CCOC(=O)Cc1cc(C2CN[C@@H](COC)C2)ccc1OCc1coc2c(CBr)cc(Br)cc12. The van der Waals surface area contributed by atoms with Gasteiger partial charge in [-0.2, -0.15) is 0 Å². The van der Waals surface area contributed by atoms with Crippen LogP contribution in [0.2, 0.25) is 0 Å². The summed E-state index contributed by atoms with van der Waals surface area (Å²) in [7, 11) is 1.72. The van der Waals surface area contributed by atoms with E-state index in [1.165, 1.54) is 5.56 Å². The highest BCUT2D eigenvalue weighted by molar-refractivity contribution is 9.10. The lowest BCUT2D eigenvalue weighted by atomic mass is 9.94. The monoisotopic (exact) mass is 593 g/mol. The largest absolute Gasteiger partial charge is 0.488 e. The van der Waals surface area contributed by atoms with Gasteiger partial charge in [-0.15, -0.1) is 0 Å². The van der Waals surface area contributed by atoms with Crippen molar-refractivity contribution in [2.75, 3.05) is 26.9 Å². The Hall–Kier alpha value is -1.87. The van der Waals surface area contributed by atoms with Crippen molar-refractivity contribution >= 4 is 48.8 Å².